The van der Waals surface area contributed by atoms with Crippen LogP contribution >= 0.6 is 0 Å². The highest BCUT2D eigenvalue weighted by atomic mass is 16.5. The average Bonchev–Trinajstić information content (AvgIpc) is 4.09. The summed E-state index contributed by atoms with van der Waals surface area (Å²) in [6.45, 7) is 3.68. The van der Waals surface area contributed by atoms with Gasteiger partial charge in [-0.1, -0.05) is 85.8 Å². The number of carbonyl (C=O) groups excluding carboxylic acids is 3. The van der Waals surface area contributed by atoms with Crippen molar-refractivity contribution in [2.45, 2.75) is 57.2 Å². The Morgan fingerprint density at radius 2 is 1.33 bits per heavy atom. The number of methoxy groups -OCH3 is 1. The lowest BCUT2D eigenvalue weighted by molar-refractivity contribution is -0.134. The molecule has 2 fully saturated rings. The van der Waals surface area contributed by atoms with Crippen LogP contribution < -0.4 is 11.1 Å². The number of alkyl carbamates (subject to hydrolysis) is 1. The molecule has 0 bridgehead atoms. The van der Waals surface area contributed by atoms with Crippen LogP contribution in [0.4, 0.5) is 4.79 Å². The monoisotopic (exact) mass is 764 g/mol. The zero-order valence-corrected chi connectivity index (χ0v) is 32.3. The Kier molecular flexibility index (Phi) is 10.9. The number of hydrogen-bond donors (Lipinski definition) is 4. The number of amides is 3. The van der Waals surface area contributed by atoms with E-state index in [0.717, 1.165) is 87.3 Å². The molecule has 0 spiro atoms. The van der Waals surface area contributed by atoms with E-state index in [1.54, 1.807) is 0 Å². The normalized spacial score (nSPS) is 17.8. The predicted molar refractivity (Wildman–Crippen MR) is 219 cm³/mol. The highest BCUT2D eigenvalue weighted by molar-refractivity contribution is 5.90. The lowest BCUT2D eigenvalue weighted by Gasteiger charge is -2.26. The van der Waals surface area contributed by atoms with Crippen LogP contribution in [0.15, 0.2) is 103 Å². The van der Waals surface area contributed by atoms with Crippen LogP contribution in [-0.4, -0.2) is 74.4 Å². The molecule has 0 radical (unpaired) electrons. The SMILES string of the molecule is COC(=O)NCC(C)CC(=O)N1CCCC1c1ncc(-c2ccc3cc(-c4ccc(-c5cnc(C6CCCN6C(=O)C(N)c6ccccc6)[nH]5)cc4)ccc3c2)[nH]1. The Morgan fingerprint density at radius 1 is 0.772 bits per heavy atom. The number of nitrogens with two attached hydrogens (primary N) is 1. The number of carbonyl (C=O) groups is 3. The van der Waals surface area contributed by atoms with Crippen molar-refractivity contribution in [1.82, 2.24) is 35.1 Å². The molecule has 4 unspecified atom stereocenters. The molecule has 12 heteroatoms. The molecule has 2 aromatic heterocycles. The van der Waals surface area contributed by atoms with Gasteiger partial charge in [-0.3, -0.25) is 9.59 Å². The number of aromatic nitrogens is 4. The number of rotatable bonds is 11. The fourth-order valence-corrected chi connectivity index (χ4v) is 8.20. The number of H-pyrrole nitrogens is 2. The Bertz CT molecular complexity index is 2370. The van der Waals surface area contributed by atoms with Crippen molar-refractivity contribution in [2.24, 2.45) is 11.7 Å². The number of aromatic amines is 2. The van der Waals surface area contributed by atoms with E-state index < -0.39 is 12.1 Å². The maximum Gasteiger partial charge on any atom is 0.406 e. The van der Waals surface area contributed by atoms with Gasteiger partial charge in [-0.2, -0.15) is 0 Å². The Labute approximate surface area is 331 Å². The lowest BCUT2D eigenvalue weighted by Crippen LogP contribution is -2.38. The molecule has 292 valence electrons. The number of ether oxygens (including phenoxy) is 1. The quantitative estimate of drug-likeness (QED) is 0.105. The van der Waals surface area contributed by atoms with Gasteiger partial charge in [0.25, 0.3) is 0 Å². The molecular weight excluding hydrogens is 717 g/mol. The van der Waals surface area contributed by atoms with Crippen molar-refractivity contribution >= 4 is 28.7 Å². The van der Waals surface area contributed by atoms with Crippen LogP contribution in [0, 0.1) is 5.92 Å². The minimum atomic E-state index is -0.699. The summed E-state index contributed by atoms with van der Waals surface area (Å²) in [7, 11) is 1.33. The van der Waals surface area contributed by atoms with Gasteiger partial charge in [0.2, 0.25) is 11.8 Å². The van der Waals surface area contributed by atoms with Crippen molar-refractivity contribution in [3.05, 3.63) is 121 Å². The smallest absolute Gasteiger partial charge is 0.406 e. The summed E-state index contributed by atoms with van der Waals surface area (Å²) >= 11 is 0. The average molecular weight is 765 g/mol. The molecule has 4 heterocycles. The van der Waals surface area contributed by atoms with Gasteiger partial charge < -0.3 is 35.6 Å². The molecule has 6 aromatic rings. The van der Waals surface area contributed by atoms with Crippen LogP contribution in [0.5, 0.6) is 0 Å². The highest BCUT2D eigenvalue weighted by Crippen LogP contribution is 2.36. The van der Waals surface area contributed by atoms with Crippen molar-refractivity contribution in [1.29, 1.82) is 0 Å². The Balaban J connectivity index is 0.915. The third-order valence-corrected chi connectivity index (χ3v) is 11.3. The van der Waals surface area contributed by atoms with Crippen molar-refractivity contribution in [3.63, 3.8) is 0 Å². The highest BCUT2D eigenvalue weighted by Gasteiger charge is 2.35. The molecule has 5 N–H and O–H groups in total. The predicted octanol–water partition coefficient (Wildman–Crippen LogP) is 7.70. The minimum Gasteiger partial charge on any atom is -0.453 e. The molecule has 2 saturated heterocycles. The number of hydrogen-bond acceptors (Lipinski definition) is 7. The molecular formula is C45H48N8O4. The van der Waals surface area contributed by atoms with Crippen LogP contribution in [-0.2, 0) is 14.3 Å². The summed E-state index contributed by atoms with van der Waals surface area (Å²) in [6, 6.07) is 29.9. The van der Waals surface area contributed by atoms with Gasteiger partial charge in [-0.15, -0.1) is 0 Å². The Morgan fingerprint density at radius 3 is 2.00 bits per heavy atom. The van der Waals surface area contributed by atoms with Gasteiger partial charge >= 0.3 is 6.09 Å². The fourth-order valence-electron chi connectivity index (χ4n) is 8.20. The molecule has 4 aromatic carbocycles. The van der Waals surface area contributed by atoms with Crippen LogP contribution in [0.3, 0.4) is 0 Å². The van der Waals surface area contributed by atoms with Crippen LogP contribution in [0.25, 0.3) is 44.4 Å². The van der Waals surface area contributed by atoms with Gasteiger partial charge in [0, 0.05) is 31.6 Å². The number of imidazole rings is 2. The third-order valence-electron chi connectivity index (χ3n) is 11.3. The summed E-state index contributed by atoms with van der Waals surface area (Å²) in [4.78, 5) is 58.3. The zero-order chi connectivity index (χ0) is 39.5. The van der Waals surface area contributed by atoms with Gasteiger partial charge in [-0.25, -0.2) is 14.8 Å². The first kappa shape index (κ1) is 37.6. The molecule has 2 aliphatic rings. The molecule has 57 heavy (non-hydrogen) atoms. The second-order valence-electron chi connectivity index (χ2n) is 15.2. The van der Waals surface area contributed by atoms with Gasteiger partial charge in [0.1, 0.15) is 17.7 Å². The van der Waals surface area contributed by atoms with Crippen LogP contribution in [0.1, 0.15) is 74.4 Å². The fraction of sp³-hybridized carbons (Fsp3) is 0.311. The summed E-state index contributed by atoms with van der Waals surface area (Å²) in [5, 5.41) is 4.92. The summed E-state index contributed by atoms with van der Waals surface area (Å²) in [6.07, 6.45) is 7.06. The van der Waals surface area contributed by atoms with E-state index in [-0.39, 0.29) is 29.8 Å². The van der Waals surface area contributed by atoms with E-state index in [4.69, 9.17) is 15.7 Å². The van der Waals surface area contributed by atoms with E-state index in [0.29, 0.717) is 26.1 Å². The molecule has 0 aliphatic carbocycles. The first-order chi connectivity index (χ1) is 27.7. The van der Waals surface area contributed by atoms with E-state index in [1.807, 2.05) is 59.4 Å². The standard InChI is InChI=1S/C45H48N8O4/c1-28(25-49-45(56)57-2)22-40(54)52-20-6-10-38(52)42-48-27-37(51-42)35-19-18-33-23-32(16-17-34(33)24-35)29-12-14-30(15-13-29)36-26-47-43(50-36)39-11-7-21-53(39)44(55)41(46)31-8-4-3-5-9-31/h3-5,8-9,12-19,23-24,26-28,38-39,41H,6-7,10-11,20-22,25,46H2,1-2H3,(H,47,50)(H,48,51)(H,49,56). The molecule has 3 amide bonds. The number of benzene rings is 4. The minimum absolute atomic E-state index is 0.0157. The van der Waals surface area contributed by atoms with E-state index in [2.05, 4.69) is 80.7 Å². The van der Waals surface area contributed by atoms with E-state index >= 15 is 0 Å². The summed E-state index contributed by atoms with van der Waals surface area (Å²) in [5.74, 6) is 1.54. The van der Waals surface area contributed by atoms with Crippen molar-refractivity contribution in [3.8, 4) is 33.6 Å². The van der Waals surface area contributed by atoms with Gasteiger partial charge in [-0.05, 0) is 76.8 Å². The Hall–Kier alpha value is -6.27. The van der Waals surface area contributed by atoms with E-state index in [9.17, 15) is 14.4 Å². The topological polar surface area (TPSA) is 162 Å². The van der Waals surface area contributed by atoms with Crippen LogP contribution in [0.2, 0.25) is 0 Å². The van der Waals surface area contributed by atoms with Gasteiger partial charge in [0.15, 0.2) is 0 Å². The zero-order valence-electron chi connectivity index (χ0n) is 32.3. The molecule has 2 aliphatic heterocycles. The number of likely N-dealkylation sites (tertiary alicyclic amines) is 2. The van der Waals surface area contributed by atoms with Crippen molar-refractivity contribution in [2.75, 3.05) is 26.7 Å². The van der Waals surface area contributed by atoms with E-state index in [1.165, 1.54) is 7.11 Å². The molecule has 12 nitrogen and oxygen atoms in total. The third kappa shape index (κ3) is 8.04. The first-order valence-corrected chi connectivity index (χ1v) is 19.7. The summed E-state index contributed by atoms with van der Waals surface area (Å²) < 4.78 is 4.64. The maximum absolute atomic E-state index is 13.4. The lowest BCUT2D eigenvalue weighted by atomic mass is 9.98. The maximum atomic E-state index is 13.4. The number of nitrogens with zero attached hydrogens (tertiary/aromatic N) is 4. The van der Waals surface area contributed by atoms with Gasteiger partial charge in [0.05, 0.1) is 43.0 Å². The molecule has 0 saturated carbocycles. The second-order valence-corrected chi connectivity index (χ2v) is 15.2. The molecule has 4 atom stereocenters. The number of nitrogens with one attached hydrogen (secondary N) is 3. The second kappa shape index (κ2) is 16.4. The number of fused-ring (bicyclic) bond motifs is 1. The first-order valence-electron chi connectivity index (χ1n) is 19.7. The largest absolute Gasteiger partial charge is 0.453 e. The summed E-state index contributed by atoms with van der Waals surface area (Å²) in [5.41, 5.74) is 13.3. The molecule has 8 rings (SSSR count). The van der Waals surface area contributed by atoms with Crippen molar-refractivity contribution < 1.29 is 19.1 Å².